The lowest BCUT2D eigenvalue weighted by molar-refractivity contribution is 0.293. The highest BCUT2D eigenvalue weighted by Crippen LogP contribution is 2.62. The predicted molar refractivity (Wildman–Crippen MR) is 43.3 cm³/mol. The highest BCUT2D eigenvalue weighted by atomic mass is 32.3. The zero-order valence-corrected chi connectivity index (χ0v) is 6.96. The quantitative estimate of drug-likeness (QED) is 0.334. The second kappa shape index (κ2) is 3.06. The maximum atomic E-state index is 8.81. The first-order valence-electron chi connectivity index (χ1n) is 2.98. The van der Waals surface area contributed by atoms with Crippen LogP contribution in [0.1, 0.15) is 0 Å². The number of aliphatic hydroxyl groups excluding tert-OH is 4. The Labute approximate surface area is 60.4 Å². The molecule has 0 radical (unpaired) electrons. The zero-order chi connectivity index (χ0) is 8.28. The van der Waals surface area contributed by atoms with Crippen molar-refractivity contribution in [3.8, 4) is 0 Å². The van der Waals surface area contributed by atoms with E-state index in [2.05, 4.69) is 0 Å². The summed E-state index contributed by atoms with van der Waals surface area (Å²) >= 11 is 0. The molecule has 0 saturated carbocycles. The average molecular weight is 172 g/mol. The van der Waals surface area contributed by atoms with Gasteiger partial charge in [0, 0.05) is 0 Å². The molecule has 0 bridgehead atoms. The summed E-state index contributed by atoms with van der Waals surface area (Å²) in [5.41, 5.74) is 0. The summed E-state index contributed by atoms with van der Waals surface area (Å²) in [4.78, 5) is 0. The van der Waals surface area contributed by atoms with Crippen LogP contribution in [0, 0.1) is 0 Å². The highest BCUT2D eigenvalue weighted by molar-refractivity contribution is 8.48. The van der Waals surface area contributed by atoms with Gasteiger partial charge < -0.3 is 20.4 Å². The molecule has 4 nitrogen and oxygen atoms in total. The topological polar surface area (TPSA) is 80.9 Å². The molecule has 0 aliphatic carbocycles. The van der Waals surface area contributed by atoms with Crippen molar-refractivity contribution in [2.45, 2.75) is 0 Å². The van der Waals surface area contributed by atoms with Gasteiger partial charge in [-0.1, -0.05) is 0 Å². The summed E-state index contributed by atoms with van der Waals surface area (Å²) < 4.78 is 0. The predicted octanol–water partition coefficient (Wildman–Crippen LogP) is -1.51. The van der Waals surface area contributed by atoms with Gasteiger partial charge in [-0.3, -0.25) is 0 Å². The van der Waals surface area contributed by atoms with Crippen LogP contribution in [-0.4, -0.2) is 50.4 Å². The van der Waals surface area contributed by atoms with E-state index in [0.29, 0.717) is 0 Å². The first-order valence-corrected chi connectivity index (χ1v) is 6.40. The molecule has 0 aliphatic heterocycles. The Kier molecular flexibility index (Phi) is 3.12. The minimum absolute atomic E-state index is 0.310. The van der Waals surface area contributed by atoms with Gasteiger partial charge in [-0.05, 0) is 6.26 Å². The number of rotatable bonds is 4. The van der Waals surface area contributed by atoms with Crippen LogP contribution in [0.3, 0.4) is 0 Å². The smallest absolute Gasteiger partial charge is 0.0658 e. The standard InChI is InChI=1S/C5H16O4S/c1-10(2-6,3-7,4-8)5-9/h6-10H,2-5H2,1H3. The SMILES string of the molecule is C[SH](CO)(CO)(CO)CO. The van der Waals surface area contributed by atoms with E-state index in [4.69, 9.17) is 20.4 Å². The van der Waals surface area contributed by atoms with Crippen molar-refractivity contribution < 1.29 is 20.4 Å². The van der Waals surface area contributed by atoms with Gasteiger partial charge in [-0.15, -0.1) is 0 Å². The Balaban J connectivity index is 4.42. The van der Waals surface area contributed by atoms with Gasteiger partial charge in [0.15, 0.2) is 0 Å². The molecule has 0 fully saturated rings. The number of hydrogen-bond acceptors (Lipinski definition) is 4. The van der Waals surface area contributed by atoms with E-state index in [-0.39, 0.29) is 23.8 Å². The molecule has 66 valence electrons. The van der Waals surface area contributed by atoms with E-state index < -0.39 is 9.16 Å². The Morgan fingerprint density at radius 1 is 0.800 bits per heavy atom. The lowest BCUT2D eigenvalue weighted by Crippen LogP contribution is -2.31. The Hall–Kier alpha value is 0.190. The monoisotopic (exact) mass is 172 g/mol. The van der Waals surface area contributed by atoms with Crippen LogP contribution in [0.4, 0.5) is 0 Å². The zero-order valence-electron chi connectivity index (χ0n) is 6.06. The minimum atomic E-state index is -2.93. The van der Waals surface area contributed by atoms with Crippen molar-refractivity contribution >= 4 is 9.16 Å². The first-order chi connectivity index (χ1) is 4.54. The van der Waals surface area contributed by atoms with Crippen LogP contribution in [0.2, 0.25) is 0 Å². The fourth-order valence-electron chi connectivity index (χ4n) is 0.268. The number of aliphatic hydroxyl groups is 4. The third-order valence-corrected chi connectivity index (χ3v) is 5.30. The molecule has 0 rings (SSSR count). The normalized spacial score (nSPS) is 16.3. The van der Waals surface area contributed by atoms with Crippen LogP contribution in [-0.2, 0) is 0 Å². The van der Waals surface area contributed by atoms with E-state index in [1.54, 1.807) is 6.26 Å². The summed E-state index contributed by atoms with van der Waals surface area (Å²) in [6, 6.07) is 0. The second-order valence-electron chi connectivity index (χ2n) is 3.17. The van der Waals surface area contributed by atoms with Gasteiger partial charge in [0.2, 0.25) is 0 Å². The largest absolute Gasteiger partial charge is 0.388 e. The molecule has 0 aromatic carbocycles. The highest BCUT2D eigenvalue weighted by Gasteiger charge is 2.33. The molecule has 0 saturated heterocycles. The van der Waals surface area contributed by atoms with Crippen LogP contribution < -0.4 is 0 Å². The van der Waals surface area contributed by atoms with Crippen molar-refractivity contribution in [3.63, 3.8) is 0 Å². The third kappa shape index (κ3) is 1.62. The minimum Gasteiger partial charge on any atom is -0.388 e. The van der Waals surface area contributed by atoms with E-state index in [1.165, 1.54) is 0 Å². The van der Waals surface area contributed by atoms with Crippen molar-refractivity contribution in [3.05, 3.63) is 0 Å². The Morgan fingerprint density at radius 2 is 1.00 bits per heavy atom. The summed E-state index contributed by atoms with van der Waals surface area (Å²) in [6.07, 6.45) is 1.56. The molecule has 0 aromatic heterocycles. The van der Waals surface area contributed by atoms with Gasteiger partial charge in [0.25, 0.3) is 0 Å². The molecule has 4 N–H and O–H groups in total. The lowest BCUT2D eigenvalue weighted by Gasteiger charge is -2.51. The van der Waals surface area contributed by atoms with E-state index in [0.717, 1.165) is 0 Å². The van der Waals surface area contributed by atoms with E-state index in [1.807, 2.05) is 0 Å². The van der Waals surface area contributed by atoms with Crippen LogP contribution in [0.15, 0.2) is 0 Å². The maximum absolute atomic E-state index is 8.81. The lowest BCUT2D eigenvalue weighted by atomic mass is 11.6. The molecular weight excluding hydrogens is 156 g/mol. The van der Waals surface area contributed by atoms with E-state index in [9.17, 15) is 0 Å². The van der Waals surface area contributed by atoms with Crippen LogP contribution in [0.25, 0.3) is 0 Å². The third-order valence-electron chi connectivity index (χ3n) is 1.77. The maximum Gasteiger partial charge on any atom is 0.0658 e. The van der Waals surface area contributed by atoms with E-state index >= 15 is 0 Å². The molecule has 0 unspecified atom stereocenters. The molecule has 0 aromatic rings. The summed E-state index contributed by atoms with van der Waals surface area (Å²) in [7, 11) is -2.93. The molecule has 10 heavy (non-hydrogen) atoms. The van der Waals surface area contributed by atoms with Crippen LogP contribution in [0.5, 0.6) is 0 Å². The van der Waals surface area contributed by atoms with Crippen molar-refractivity contribution in [1.82, 2.24) is 0 Å². The molecule has 0 amide bonds. The number of thiol groups is 1. The molecular formula is C5H16O4S. The van der Waals surface area contributed by atoms with Crippen molar-refractivity contribution in [2.24, 2.45) is 0 Å². The van der Waals surface area contributed by atoms with Crippen LogP contribution >= 0.6 is 9.16 Å². The average Bonchev–Trinajstić information content (AvgIpc) is 2.04. The van der Waals surface area contributed by atoms with Gasteiger partial charge >= 0.3 is 0 Å². The molecule has 0 spiro atoms. The Morgan fingerprint density at radius 3 is 1.00 bits per heavy atom. The number of hydrogen-bond donors (Lipinski definition) is 5. The second-order valence-corrected chi connectivity index (χ2v) is 9.52. The van der Waals surface area contributed by atoms with Gasteiger partial charge in [-0.25, -0.2) is 9.16 Å². The summed E-state index contributed by atoms with van der Waals surface area (Å²) in [5.74, 6) is -1.24. The summed E-state index contributed by atoms with van der Waals surface area (Å²) in [5, 5.41) is 35.3. The van der Waals surface area contributed by atoms with Crippen molar-refractivity contribution in [1.29, 1.82) is 0 Å². The van der Waals surface area contributed by atoms with Crippen molar-refractivity contribution in [2.75, 3.05) is 30.0 Å². The fourth-order valence-corrected chi connectivity index (χ4v) is 0.805. The fraction of sp³-hybridized carbons (Fsp3) is 1.00. The summed E-state index contributed by atoms with van der Waals surface area (Å²) in [6.45, 7) is 0. The van der Waals surface area contributed by atoms with Gasteiger partial charge in [0.1, 0.15) is 0 Å². The Bertz CT molecular complexity index is 88.7. The first kappa shape index (κ1) is 10.2. The molecule has 0 atom stereocenters. The van der Waals surface area contributed by atoms with Gasteiger partial charge in [0.05, 0.1) is 23.8 Å². The molecule has 5 heteroatoms. The molecule has 0 aliphatic rings. The van der Waals surface area contributed by atoms with Gasteiger partial charge in [-0.2, -0.15) is 0 Å². The molecule has 0 heterocycles.